The molecule has 0 radical (unpaired) electrons. The molecule has 0 heterocycles. The molecule has 0 aliphatic heterocycles. The number of phenolic OH excluding ortho intramolecular Hbond substituents is 2. The molecule has 0 saturated heterocycles. The summed E-state index contributed by atoms with van der Waals surface area (Å²) in [6.07, 6.45) is 0. The van der Waals surface area contributed by atoms with Crippen LogP contribution >= 0.6 is 34.8 Å². The van der Waals surface area contributed by atoms with Crippen molar-refractivity contribution >= 4 is 34.8 Å². The highest BCUT2D eigenvalue weighted by Gasteiger charge is 2.17. The van der Waals surface area contributed by atoms with Gasteiger partial charge in [0.05, 0.1) is 10.0 Å². The molecule has 1 aromatic carbocycles. The number of aromatic hydroxyl groups is 2. The fraction of sp³-hybridized carbons (Fsp3) is 0.143. The minimum absolute atomic E-state index is 0.0581. The van der Waals surface area contributed by atoms with Gasteiger partial charge < -0.3 is 10.2 Å². The van der Waals surface area contributed by atoms with Crippen LogP contribution in [0.2, 0.25) is 15.1 Å². The molecule has 2 N–H and O–H groups in total. The van der Waals surface area contributed by atoms with Gasteiger partial charge in [0, 0.05) is 0 Å². The zero-order chi connectivity index (χ0) is 9.46. The van der Waals surface area contributed by atoms with Crippen molar-refractivity contribution in [2.24, 2.45) is 0 Å². The Morgan fingerprint density at radius 2 is 1.17 bits per heavy atom. The van der Waals surface area contributed by atoms with Crippen LogP contribution in [0.5, 0.6) is 11.5 Å². The molecule has 0 aliphatic carbocycles. The lowest BCUT2D eigenvalue weighted by atomic mass is 10.2. The predicted molar refractivity (Wildman–Crippen MR) is 49.5 cm³/mol. The minimum Gasteiger partial charge on any atom is -0.505 e. The summed E-state index contributed by atoms with van der Waals surface area (Å²) in [6, 6.07) is 0. The molecule has 0 unspecified atom stereocenters. The maximum Gasteiger partial charge on any atom is 0.156 e. The van der Waals surface area contributed by atoms with Crippen molar-refractivity contribution < 1.29 is 10.2 Å². The summed E-state index contributed by atoms with van der Waals surface area (Å²) in [4.78, 5) is 0. The molecule has 0 bridgehead atoms. The summed E-state index contributed by atoms with van der Waals surface area (Å²) in [6.45, 7) is 1.57. The van der Waals surface area contributed by atoms with Gasteiger partial charge in [-0.15, -0.1) is 0 Å². The molecule has 5 heteroatoms. The van der Waals surface area contributed by atoms with Crippen LogP contribution in [0.4, 0.5) is 0 Å². The van der Waals surface area contributed by atoms with Gasteiger partial charge in [0.2, 0.25) is 0 Å². The van der Waals surface area contributed by atoms with E-state index in [1.165, 1.54) is 0 Å². The third kappa shape index (κ3) is 1.30. The molecule has 0 aromatic heterocycles. The summed E-state index contributed by atoms with van der Waals surface area (Å²) < 4.78 is 0. The van der Waals surface area contributed by atoms with Crippen molar-refractivity contribution in [2.75, 3.05) is 0 Å². The number of hydrogen-bond donors (Lipinski definition) is 2. The molecule has 2 nitrogen and oxygen atoms in total. The first-order chi connectivity index (χ1) is 5.46. The average molecular weight is 227 g/mol. The van der Waals surface area contributed by atoms with Crippen LogP contribution in [-0.4, -0.2) is 10.2 Å². The van der Waals surface area contributed by atoms with Gasteiger partial charge in [-0.1, -0.05) is 34.8 Å². The molecule has 0 aliphatic rings. The van der Waals surface area contributed by atoms with E-state index in [1.54, 1.807) is 6.92 Å². The Morgan fingerprint density at radius 3 is 1.50 bits per heavy atom. The second-order valence-electron chi connectivity index (χ2n) is 2.26. The smallest absolute Gasteiger partial charge is 0.156 e. The predicted octanol–water partition coefficient (Wildman–Crippen LogP) is 3.37. The highest BCUT2D eigenvalue weighted by atomic mass is 35.5. The zero-order valence-electron chi connectivity index (χ0n) is 6.03. The highest BCUT2D eigenvalue weighted by Crippen LogP contribution is 2.45. The van der Waals surface area contributed by atoms with Gasteiger partial charge in [0.25, 0.3) is 0 Å². The maximum atomic E-state index is 9.21. The van der Waals surface area contributed by atoms with E-state index in [4.69, 9.17) is 34.8 Å². The van der Waals surface area contributed by atoms with Crippen molar-refractivity contribution in [1.82, 2.24) is 0 Å². The summed E-state index contributed by atoms with van der Waals surface area (Å²) in [5.74, 6) is -0.699. The van der Waals surface area contributed by atoms with Gasteiger partial charge in [-0.3, -0.25) is 0 Å². The Bertz CT molecular complexity index is 231. The molecule has 0 atom stereocenters. The van der Waals surface area contributed by atoms with E-state index >= 15 is 0 Å². The van der Waals surface area contributed by atoms with Crippen LogP contribution in [0.15, 0.2) is 0 Å². The van der Waals surface area contributed by atoms with E-state index in [-0.39, 0.29) is 26.6 Å². The Balaban J connectivity index is 3.60. The van der Waals surface area contributed by atoms with E-state index in [2.05, 4.69) is 0 Å². The fourth-order valence-corrected chi connectivity index (χ4v) is 1.47. The number of benzene rings is 1. The van der Waals surface area contributed by atoms with Crippen molar-refractivity contribution in [3.63, 3.8) is 0 Å². The SMILES string of the molecule is Cc1c(Cl)c(O)c(Cl)c(O)c1Cl. The summed E-state index contributed by atoms with van der Waals surface area (Å²) in [5, 5.41) is 18.3. The van der Waals surface area contributed by atoms with Crippen LogP contribution in [0, 0.1) is 6.92 Å². The van der Waals surface area contributed by atoms with E-state index < -0.39 is 0 Å². The van der Waals surface area contributed by atoms with Gasteiger partial charge in [-0.25, -0.2) is 0 Å². The average Bonchev–Trinajstić information content (AvgIpc) is 2.08. The second-order valence-corrected chi connectivity index (χ2v) is 3.40. The number of halogens is 3. The molecular weight excluding hydrogens is 222 g/mol. The largest absolute Gasteiger partial charge is 0.505 e. The fourth-order valence-electron chi connectivity index (χ4n) is 0.756. The highest BCUT2D eigenvalue weighted by molar-refractivity contribution is 6.42. The molecule has 66 valence electrons. The van der Waals surface area contributed by atoms with Gasteiger partial charge in [-0.2, -0.15) is 0 Å². The van der Waals surface area contributed by atoms with Crippen molar-refractivity contribution in [1.29, 1.82) is 0 Å². The van der Waals surface area contributed by atoms with Gasteiger partial charge in [-0.05, 0) is 12.5 Å². The van der Waals surface area contributed by atoms with Crippen LogP contribution in [0.25, 0.3) is 0 Å². The van der Waals surface area contributed by atoms with Gasteiger partial charge >= 0.3 is 0 Å². The number of hydrogen-bond acceptors (Lipinski definition) is 2. The number of phenols is 2. The Morgan fingerprint density at radius 1 is 0.833 bits per heavy atom. The van der Waals surface area contributed by atoms with E-state index in [0.29, 0.717) is 5.56 Å². The molecule has 0 amide bonds. The zero-order valence-corrected chi connectivity index (χ0v) is 8.30. The third-order valence-corrected chi connectivity index (χ3v) is 2.77. The Labute approximate surface area is 84.3 Å². The van der Waals surface area contributed by atoms with Gasteiger partial charge in [0.1, 0.15) is 5.02 Å². The van der Waals surface area contributed by atoms with Crippen LogP contribution in [0.1, 0.15) is 5.56 Å². The topological polar surface area (TPSA) is 40.5 Å². The molecule has 0 fully saturated rings. The molecule has 12 heavy (non-hydrogen) atoms. The normalized spacial score (nSPS) is 10.3. The summed E-state index contributed by atoms with van der Waals surface area (Å²) >= 11 is 16.8. The summed E-state index contributed by atoms with van der Waals surface area (Å²) in [7, 11) is 0. The third-order valence-electron chi connectivity index (χ3n) is 1.49. The quantitative estimate of drug-likeness (QED) is 0.713. The molecular formula is C7H5Cl3O2. The Hall–Kier alpha value is -0.310. The first kappa shape index (κ1) is 9.78. The lowest BCUT2D eigenvalue weighted by Gasteiger charge is -2.07. The molecule has 1 rings (SSSR count). The molecule has 1 aromatic rings. The van der Waals surface area contributed by atoms with Crippen LogP contribution in [0.3, 0.4) is 0 Å². The monoisotopic (exact) mass is 226 g/mol. The van der Waals surface area contributed by atoms with E-state index in [9.17, 15) is 10.2 Å². The van der Waals surface area contributed by atoms with Crippen LogP contribution < -0.4 is 0 Å². The number of rotatable bonds is 0. The van der Waals surface area contributed by atoms with Crippen molar-refractivity contribution in [3.05, 3.63) is 20.6 Å². The lowest BCUT2D eigenvalue weighted by molar-refractivity contribution is 0.450. The van der Waals surface area contributed by atoms with Gasteiger partial charge in [0.15, 0.2) is 11.5 Å². The lowest BCUT2D eigenvalue weighted by Crippen LogP contribution is -1.82. The van der Waals surface area contributed by atoms with Crippen molar-refractivity contribution in [3.8, 4) is 11.5 Å². The van der Waals surface area contributed by atoms with E-state index in [1.807, 2.05) is 0 Å². The standard InChI is InChI=1S/C7H5Cl3O2/c1-2-3(8)6(11)5(10)7(12)4(2)9/h11-12H,1H3. The summed E-state index contributed by atoms with van der Waals surface area (Å²) in [5.41, 5.74) is 0.401. The Kier molecular flexibility index (Phi) is 2.61. The molecule has 0 saturated carbocycles. The minimum atomic E-state index is -0.349. The van der Waals surface area contributed by atoms with E-state index in [0.717, 1.165) is 0 Å². The first-order valence-corrected chi connectivity index (χ1v) is 4.15. The van der Waals surface area contributed by atoms with Crippen molar-refractivity contribution in [2.45, 2.75) is 6.92 Å². The van der Waals surface area contributed by atoms with Crippen LogP contribution in [-0.2, 0) is 0 Å². The molecule has 0 spiro atoms. The second kappa shape index (κ2) is 3.21. The first-order valence-electron chi connectivity index (χ1n) is 3.01. The maximum absolute atomic E-state index is 9.21.